The van der Waals surface area contributed by atoms with Crippen LogP contribution in [-0.4, -0.2) is 24.1 Å². The second-order valence-corrected chi connectivity index (χ2v) is 6.84. The van der Waals surface area contributed by atoms with Crippen molar-refractivity contribution in [2.24, 2.45) is 5.73 Å². The number of nitrogens with two attached hydrogens (primary N) is 1. The highest BCUT2D eigenvalue weighted by Crippen LogP contribution is 2.39. The van der Waals surface area contributed by atoms with Crippen molar-refractivity contribution < 1.29 is 13.7 Å². The van der Waals surface area contributed by atoms with Gasteiger partial charge >= 0.3 is 7.12 Å². The molecule has 22 heavy (non-hydrogen) atoms. The van der Waals surface area contributed by atoms with Crippen LogP contribution in [0.4, 0.5) is 4.39 Å². The molecular weight excluding hydrogens is 300 g/mol. The summed E-state index contributed by atoms with van der Waals surface area (Å²) in [5.41, 5.74) is 6.89. The average molecular weight is 323 g/mol. The fourth-order valence-corrected chi connectivity index (χ4v) is 2.45. The number of thiol groups is 1. The van der Waals surface area contributed by atoms with Gasteiger partial charge < -0.3 is 15.0 Å². The molecule has 0 bridgehead atoms. The van der Waals surface area contributed by atoms with E-state index in [1.54, 1.807) is 18.2 Å². The Bertz CT molecular complexity index is 574. The minimum atomic E-state index is -0.525. The van der Waals surface area contributed by atoms with Gasteiger partial charge in [-0.15, -0.1) is 0 Å². The topological polar surface area (TPSA) is 44.5 Å². The number of benzene rings is 1. The Balaban J connectivity index is 2.33. The van der Waals surface area contributed by atoms with Crippen molar-refractivity contribution >= 4 is 25.8 Å². The van der Waals surface area contributed by atoms with Crippen molar-refractivity contribution in [2.45, 2.75) is 45.4 Å². The number of hydrogen-bond donors (Lipinski definition) is 2. The van der Waals surface area contributed by atoms with Crippen molar-refractivity contribution in [1.82, 2.24) is 0 Å². The second-order valence-electron chi connectivity index (χ2n) is 6.53. The fourth-order valence-electron chi connectivity index (χ4n) is 2.21. The first-order valence-electron chi connectivity index (χ1n) is 7.35. The Kier molecular flexibility index (Phi) is 5.07. The molecule has 120 valence electrons. The highest BCUT2D eigenvalue weighted by molar-refractivity contribution is 7.80. The molecule has 0 spiro atoms. The van der Waals surface area contributed by atoms with E-state index in [4.69, 9.17) is 15.0 Å². The van der Waals surface area contributed by atoms with Gasteiger partial charge in [-0.2, -0.15) is 12.6 Å². The lowest BCUT2D eigenvalue weighted by Gasteiger charge is -2.32. The summed E-state index contributed by atoms with van der Waals surface area (Å²) in [4.78, 5) is 0. The zero-order chi connectivity index (χ0) is 16.5. The maximum atomic E-state index is 14.0. The highest BCUT2D eigenvalue weighted by Gasteiger charge is 2.52. The van der Waals surface area contributed by atoms with Crippen LogP contribution in [0, 0.1) is 5.82 Å². The van der Waals surface area contributed by atoms with Gasteiger partial charge in [0.2, 0.25) is 0 Å². The van der Waals surface area contributed by atoms with E-state index in [1.165, 1.54) is 6.07 Å². The monoisotopic (exact) mass is 323 g/mol. The molecule has 0 saturated carbocycles. The van der Waals surface area contributed by atoms with Crippen LogP contribution >= 0.6 is 12.6 Å². The third-order valence-electron chi connectivity index (χ3n) is 4.38. The first kappa shape index (κ1) is 17.5. The van der Waals surface area contributed by atoms with Crippen molar-refractivity contribution in [3.63, 3.8) is 0 Å². The first-order valence-corrected chi connectivity index (χ1v) is 7.99. The van der Waals surface area contributed by atoms with Gasteiger partial charge in [0.25, 0.3) is 0 Å². The first-order chi connectivity index (χ1) is 10.2. The van der Waals surface area contributed by atoms with Crippen LogP contribution in [0.25, 0.3) is 6.08 Å². The van der Waals surface area contributed by atoms with Gasteiger partial charge in [0.1, 0.15) is 5.82 Å². The third-order valence-corrected chi connectivity index (χ3v) is 4.74. The molecular formula is C16H23BFNO2S. The predicted molar refractivity (Wildman–Crippen MR) is 92.2 cm³/mol. The molecule has 1 aromatic rings. The zero-order valence-corrected chi connectivity index (χ0v) is 14.4. The van der Waals surface area contributed by atoms with Gasteiger partial charge in [-0.1, -0.05) is 12.1 Å². The van der Waals surface area contributed by atoms with E-state index in [1.807, 2.05) is 27.7 Å². The van der Waals surface area contributed by atoms with Crippen LogP contribution in [0.1, 0.15) is 38.8 Å². The van der Waals surface area contributed by atoms with E-state index >= 15 is 0 Å². The SMILES string of the molecule is CC1(C)OB(C(=Cc2cc(CN)ccc2F)CS)OC1(C)C. The molecule has 1 aromatic carbocycles. The maximum absolute atomic E-state index is 14.0. The molecule has 2 rings (SSSR count). The van der Waals surface area contributed by atoms with Crippen molar-refractivity contribution in [3.05, 3.63) is 40.6 Å². The summed E-state index contributed by atoms with van der Waals surface area (Å²) in [6, 6.07) is 4.85. The van der Waals surface area contributed by atoms with Gasteiger partial charge in [-0.05, 0) is 50.9 Å². The largest absolute Gasteiger partial charge is 0.491 e. The molecule has 1 heterocycles. The molecule has 0 radical (unpaired) electrons. The van der Waals surface area contributed by atoms with E-state index in [0.29, 0.717) is 17.9 Å². The molecule has 0 atom stereocenters. The molecule has 0 aromatic heterocycles. The van der Waals surface area contributed by atoms with Crippen LogP contribution in [0.3, 0.4) is 0 Å². The van der Waals surface area contributed by atoms with Gasteiger partial charge in [-0.25, -0.2) is 4.39 Å². The smallest absolute Gasteiger partial charge is 0.400 e. The second kappa shape index (κ2) is 6.36. The van der Waals surface area contributed by atoms with E-state index < -0.39 is 18.3 Å². The summed E-state index contributed by atoms with van der Waals surface area (Å²) >= 11 is 4.34. The van der Waals surface area contributed by atoms with Crippen molar-refractivity contribution in [2.75, 3.05) is 5.75 Å². The molecule has 3 nitrogen and oxygen atoms in total. The number of rotatable bonds is 4. The van der Waals surface area contributed by atoms with Gasteiger partial charge in [0.15, 0.2) is 0 Å². The number of hydrogen-bond acceptors (Lipinski definition) is 4. The summed E-state index contributed by atoms with van der Waals surface area (Å²) in [5.74, 6) is 0.122. The standard InChI is InChI=1S/C16H23BFNO2S/c1-15(2)16(3,4)21-17(20-15)13(10-22)8-12-7-11(9-19)5-6-14(12)18/h5-8,22H,9-10,19H2,1-4H3. The Labute approximate surface area is 137 Å². The molecule has 1 fully saturated rings. The molecule has 1 saturated heterocycles. The molecule has 2 N–H and O–H groups in total. The van der Waals surface area contributed by atoms with Crippen molar-refractivity contribution in [1.29, 1.82) is 0 Å². The van der Waals surface area contributed by atoms with Crippen LogP contribution < -0.4 is 5.73 Å². The highest BCUT2D eigenvalue weighted by atomic mass is 32.1. The quantitative estimate of drug-likeness (QED) is 0.660. The Morgan fingerprint density at radius 2 is 1.86 bits per heavy atom. The normalized spacial score (nSPS) is 20.5. The Morgan fingerprint density at radius 3 is 2.36 bits per heavy atom. The van der Waals surface area contributed by atoms with Crippen LogP contribution in [0.2, 0.25) is 0 Å². The minimum absolute atomic E-state index is 0.298. The van der Waals surface area contributed by atoms with Crippen LogP contribution in [0.5, 0.6) is 0 Å². The molecule has 0 amide bonds. The lowest BCUT2D eigenvalue weighted by molar-refractivity contribution is 0.00578. The van der Waals surface area contributed by atoms with E-state index in [9.17, 15) is 4.39 Å². The minimum Gasteiger partial charge on any atom is -0.400 e. The molecule has 1 aliphatic rings. The zero-order valence-electron chi connectivity index (χ0n) is 13.5. The summed E-state index contributed by atoms with van der Waals surface area (Å²) in [6.07, 6.45) is 1.74. The molecule has 0 unspecified atom stereocenters. The van der Waals surface area contributed by atoms with E-state index in [0.717, 1.165) is 11.0 Å². The molecule has 6 heteroatoms. The summed E-state index contributed by atoms with van der Waals surface area (Å²) in [7, 11) is -0.525. The maximum Gasteiger partial charge on any atom is 0.491 e. The van der Waals surface area contributed by atoms with Gasteiger partial charge in [-0.3, -0.25) is 0 Å². The Hall–Kier alpha value is -0.815. The number of halogens is 1. The molecule has 1 aliphatic heterocycles. The van der Waals surface area contributed by atoms with Gasteiger partial charge in [0.05, 0.1) is 11.2 Å². The molecule has 0 aliphatic carbocycles. The summed E-state index contributed by atoms with van der Waals surface area (Å²) < 4.78 is 26.0. The lowest BCUT2D eigenvalue weighted by atomic mass is 9.78. The van der Waals surface area contributed by atoms with Gasteiger partial charge in [0, 0.05) is 17.9 Å². The van der Waals surface area contributed by atoms with E-state index in [-0.39, 0.29) is 5.82 Å². The third kappa shape index (κ3) is 3.40. The van der Waals surface area contributed by atoms with E-state index in [2.05, 4.69) is 12.6 Å². The lowest BCUT2D eigenvalue weighted by Crippen LogP contribution is -2.41. The van der Waals surface area contributed by atoms with Crippen LogP contribution in [-0.2, 0) is 15.9 Å². The van der Waals surface area contributed by atoms with Crippen LogP contribution in [0.15, 0.2) is 23.7 Å². The Morgan fingerprint density at radius 1 is 1.27 bits per heavy atom. The summed E-state index contributed by atoms with van der Waals surface area (Å²) in [5, 5.41) is 0. The fraction of sp³-hybridized carbons (Fsp3) is 0.500. The summed E-state index contributed by atoms with van der Waals surface area (Å²) in [6.45, 7) is 8.31. The predicted octanol–water partition coefficient (Wildman–Crippen LogP) is 3.23. The van der Waals surface area contributed by atoms with Crippen molar-refractivity contribution in [3.8, 4) is 0 Å². The average Bonchev–Trinajstić information content (AvgIpc) is 2.66.